The summed E-state index contributed by atoms with van der Waals surface area (Å²) in [5, 5.41) is 1.83. The zero-order valence-corrected chi connectivity index (χ0v) is 18.8. The van der Waals surface area contributed by atoms with Crippen molar-refractivity contribution in [3.63, 3.8) is 0 Å². The van der Waals surface area contributed by atoms with Gasteiger partial charge in [0.1, 0.15) is 7.14 Å². The van der Waals surface area contributed by atoms with Gasteiger partial charge in [0.05, 0.1) is 0 Å². The van der Waals surface area contributed by atoms with Crippen molar-refractivity contribution in [3.8, 4) is 0 Å². The monoisotopic (exact) mass is 424 g/mol. The Morgan fingerprint density at radius 3 is 1.24 bits per heavy atom. The Bertz CT molecular complexity index is 727. The molecule has 1 radical (unpaired) electrons. The van der Waals surface area contributed by atoms with Gasteiger partial charge in [-0.25, -0.2) is 0 Å². The van der Waals surface area contributed by atoms with E-state index in [1.807, 2.05) is 73.4 Å². The van der Waals surface area contributed by atoms with Gasteiger partial charge >= 0.3 is 0 Å². The van der Waals surface area contributed by atoms with Crippen LogP contribution in [-0.2, 0) is 37.3 Å². The summed E-state index contributed by atoms with van der Waals surface area (Å²) < 4.78 is 12.6. The minimum Gasteiger partial charge on any atom is -0.314 e. The predicted octanol–water partition coefficient (Wildman–Crippen LogP) is 5.28. The van der Waals surface area contributed by atoms with Crippen LogP contribution >= 0.6 is 7.14 Å². The van der Waals surface area contributed by atoms with Gasteiger partial charge in [-0.05, 0) is 6.66 Å². The van der Waals surface area contributed by atoms with Crippen LogP contribution in [-0.4, -0.2) is 6.66 Å². The minimum absolute atomic E-state index is 0. The van der Waals surface area contributed by atoms with Crippen LogP contribution in [0, 0.1) is 5.92 Å². The molecule has 0 unspecified atom stereocenters. The topological polar surface area (TPSA) is 17.1 Å². The van der Waals surface area contributed by atoms with Gasteiger partial charge in [0.2, 0.25) is 0 Å². The molecule has 0 saturated heterocycles. The van der Waals surface area contributed by atoms with Crippen molar-refractivity contribution in [2.75, 3.05) is 6.66 Å². The van der Waals surface area contributed by atoms with Gasteiger partial charge in [0.25, 0.3) is 0 Å². The van der Waals surface area contributed by atoms with Crippen molar-refractivity contribution < 1.29 is 37.3 Å². The summed E-state index contributed by atoms with van der Waals surface area (Å²) in [7, 11) is -2.40. The first kappa shape index (κ1) is 21.9. The normalized spacial score (nSPS) is 10.0. The second-order valence-corrected chi connectivity index (χ2v) is 8.84. The van der Waals surface area contributed by atoms with Crippen LogP contribution in [0.5, 0.6) is 0 Å². The van der Waals surface area contributed by atoms with Crippen molar-refractivity contribution in [1.82, 2.24) is 0 Å². The maximum atomic E-state index is 12.6. The second kappa shape index (κ2) is 10.8. The molecule has 0 N–H and O–H groups in total. The zero-order valence-electron chi connectivity index (χ0n) is 15.1. The minimum atomic E-state index is -2.40. The van der Waals surface area contributed by atoms with Gasteiger partial charge in [-0.2, -0.15) is 23.6 Å². The molecule has 0 spiro atoms. The third-order valence-electron chi connectivity index (χ3n) is 3.85. The second-order valence-electron chi connectivity index (χ2n) is 5.96. The van der Waals surface area contributed by atoms with Crippen LogP contribution in [0.25, 0.3) is 0 Å². The van der Waals surface area contributed by atoms with E-state index in [4.69, 9.17) is 0 Å². The Balaban J connectivity index is 0.000000270. The molecule has 0 amide bonds. The standard InChI is InChI=1S/C13H13OP.C9H11.Y/c1-15(14,12-8-4-2-5-9-12)13-10-6-3-7-11-13;1-8(2)9-6-4-3-5-7-9;/h2-11H,1H3;3-7H,1-2H3;/q;-1;. The van der Waals surface area contributed by atoms with Gasteiger partial charge in [0, 0.05) is 43.3 Å². The van der Waals surface area contributed by atoms with E-state index < -0.39 is 7.14 Å². The summed E-state index contributed by atoms with van der Waals surface area (Å²) >= 11 is 0. The summed E-state index contributed by atoms with van der Waals surface area (Å²) in [6.07, 6.45) is 0. The van der Waals surface area contributed by atoms with Crippen molar-refractivity contribution >= 4 is 17.8 Å². The van der Waals surface area contributed by atoms with Crippen LogP contribution in [0.3, 0.4) is 0 Å². The predicted molar refractivity (Wildman–Crippen MR) is 106 cm³/mol. The quantitative estimate of drug-likeness (QED) is 0.413. The van der Waals surface area contributed by atoms with E-state index in [9.17, 15) is 4.57 Å². The van der Waals surface area contributed by atoms with Crippen molar-refractivity contribution in [1.29, 1.82) is 0 Å². The van der Waals surface area contributed by atoms with E-state index in [1.54, 1.807) is 0 Å². The Kier molecular flexibility index (Phi) is 9.43. The Hall–Kier alpha value is -1.14. The van der Waals surface area contributed by atoms with E-state index in [0.717, 1.165) is 10.6 Å². The van der Waals surface area contributed by atoms with E-state index in [2.05, 4.69) is 38.1 Å². The van der Waals surface area contributed by atoms with Crippen LogP contribution < -0.4 is 10.6 Å². The molecule has 3 aromatic rings. The molecule has 1 nitrogen and oxygen atoms in total. The van der Waals surface area contributed by atoms with Gasteiger partial charge in [0.15, 0.2) is 0 Å². The summed E-state index contributed by atoms with van der Waals surface area (Å²) in [6.45, 7) is 6.06. The average Bonchev–Trinajstić information content (AvgIpc) is 2.64. The van der Waals surface area contributed by atoms with Crippen LogP contribution in [0.4, 0.5) is 0 Å². The first-order valence-corrected chi connectivity index (χ1v) is 10.2. The first-order chi connectivity index (χ1) is 11.5. The molecular formula is C22H24OPY-. The summed E-state index contributed by atoms with van der Waals surface area (Å²) in [4.78, 5) is 0. The van der Waals surface area contributed by atoms with Crippen LogP contribution in [0.15, 0.2) is 91.0 Å². The molecule has 3 heteroatoms. The molecule has 25 heavy (non-hydrogen) atoms. The van der Waals surface area contributed by atoms with Gasteiger partial charge in [-0.1, -0.05) is 80.6 Å². The average molecular weight is 424 g/mol. The third kappa shape index (κ3) is 6.59. The van der Waals surface area contributed by atoms with Crippen LogP contribution in [0.2, 0.25) is 0 Å². The number of hydrogen-bond acceptors (Lipinski definition) is 1. The smallest absolute Gasteiger partial charge is 0.140 e. The molecule has 3 rings (SSSR count). The molecule has 127 valence electrons. The maximum Gasteiger partial charge on any atom is 0.140 e. The molecule has 0 fully saturated rings. The Morgan fingerprint density at radius 1 is 0.640 bits per heavy atom. The Labute approximate surface area is 177 Å². The molecule has 3 aromatic carbocycles. The number of rotatable bonds is 3. The molecule has 0 atom stereocenters. The SMILES string of the molecule is CP(=O)(c1ccccc1)c1ccccc1.C[C-](C)c1ccccc1.[Y]. The number of benzene rings is 3. The van der Waals surface area contributed by atoms with E-state index in [-0.39, 0.29) is 32.7 Å². The number of hydrogen-bond donors (Lipinski definition) is 0. The van der Waals surface area contributed by atoms with E-state index in [1.165, 1.54) is 11.5 Å². The summed E-state index contributed by atoms with van der Waals surface area (Å²) in [5.41, 5.74) is 1.33. The van der Waals surface area contributed by atoms with Crippen LogP contribution in [0.1, 0.15) is 19.4 Å². The van der Waals surface area contributed by atoms with Gasteiger partial charge in [-0.3, -0.25) is 0 Å². The Morgan fingerprint density at radius 2 is 0.960 bits per heavy atom. The fourth-order valence-electron chi connectivity index (χ4n) is 2.35. The summed E-state index contributed by atoms with van der Waals surface area (Å²) in [5.74, 6) is 1.37. The molecule has 0 aliphatic rings. The first-order valence-electron chi connectivity index (χ1n) is 8.06. The van der Waals surface area contributed by atoms with Crippen molar-refractivity contribution in [2.45, 2.75) is 13.8 Å². The van der Waals surface area contributed by atoms with Gasteiger partial charge < -0.3 is 4.57 Å². The fourth-order valence-corrected chi connectivity index (χ4v) is 4.13. The molecular weight excluding hydrogens is 400 g/mol. The van der Waals surface area contributed by atoms with E-state index in [0.29, 0.717) is 0 Å². The molecule has 0 aliphatic heterocycles. The van der Waals surface area contributed by atoms with Gasteiger partial charge in [-0.15, -0.1) is 12.1 Å². The third-order valence-corrected chi connectivity index (χ3v) is 6.42. The van der Waals surface area contributed by atoms with E-state index >= 15 is 0 Å². The molecule has 0 aliphatic carbocycles. The van der Waals surface area contributed by atoms with Crippen molar-refractivity contribution in [3.05, 3.63) is 102 Å². The zero-order chi connectivity index (χ0) is 17.4. The molecule has 0 aromatic heterocycles. The molecule has 0 heterocycles. The fraction of sp³-hybridized carbons (Fsp3) is 0.136. The summed E-state index contributed by atoms with van der Waals surface area (Å²) in [6, 6.07) is 29.7. The molecule has 0 saturated carbocycles. The van der Waals surface area contributed by atoms with Crippen molar-refractivity contribution in [2.24, 2.45) is 0 Å². The maximum absolute atomic E-state index is 12.6. The largest absolute Gasteiger partial charge is 0.314 e. The molecule has 0 bridgehead atoms.